The highest BCUT2D eigenvalue weighted by Crippen LogP contribution is 2.18. The Hall–Kier alpha value is -1.72. The summed E-state index contributed by atoms with van der Waals surface area (Å²) in [5, 5.41) is 7.65. The molecule has 1 aromatic carbocycles. The maximum Gasteiger partial charge on any atom is 0.193 e. The van der Waals surface area contributed by atoms with Gasteiger partial charge in [-0.3, -0.25) is 4.99 Å². The fraction of sp³-hybridized carbons (Fsp3) is 0.591. The van der Waals surface area contributed by atoms with E-state index in [4.69, 9.17) is 9.47 Å². The molecule has 8 nitrogen and oxygen atoms in total. The van der Waals surface area contributed by atoms with Crippen molar-refractivity contribution >= 4 is 29.9 Å². The highest BCUT2D eigenvalue weighted by atomic mass is 127. The number of guanidine groups is 1. The monoisotopic (exact) mass is 540 g/mol. The van der Waals surface area contributed by atoms with Crippen LogP contribution in [0.2, 0.25) is 0 Å². The van der Waals surface area contributed by atoms with Crippen molar-refractivity contribution in [3.63, 3.8) is 0 Å². The van der Waals surface area contributed by atoms with Crippen molar-refractivity contribution in [1.82, 2.24) is 25.0 Å². The van der Waals surface area contributed by atoms with Crippen molar-refractivity contribution in [1.29, 1.82) is 0 Å². The average Bonchev–Trinajstić information content (AvgIpc) is 3.35. The predicted molar refractivity (Wildman–Crippen MR) is 131 cm³/mol. The standard InChI is InChI=1S/C22H32N6O2.HI/c1-23-22(25-14-18-5-7-19(8-6-18)28-17-24-16-26-28)27-11-9-20(10-12-27)30-15-21-4-2-3-13-29-21;/h5-8,16-17,20-21H,2-4,9-15H2,1H3,(H,23,25);1H. The number of aliphatic imine (C=N–C) groups is 1. The molecule has 1 N–H and O–H groups in total. The van der Waals surface area contributed by atoms with E-state index in [0.717, 1.165) is 63.8 Å². The second-order valence-corrected chi connectivity index (χ2v) is 7.92. The van der Waals surface area contributed by atoms with Crippen LogP contribution < -0.4 is 5.32 Å². The van der Waals surface area contributed by atoms with E-state index >= 15 is 0 Å². The molecular weight excluding hydrogens is 507 g/mol. The molecule has 9 heteroatoms. The SMILES string of the molecule is CN=C(NCc1ccc(-n2cncn2)cc1)N1CCC(OCC2CCCCO2)CC1.I. The fourth-order valence-corrected chi connectivity index (χ4v) is 4.04. The lowest BCUT2D eigenvalue weighted by atomic mass is 10.1. The van der Waals surface area contributed by atoms with Crippen LogP contribution in [0.15, 0.2) is 41.9 Å². The van der Waals surface area contributed by atoms with Gasteiger partial charge in [-0.15, -0.1) is 24.0 Å². The van der Waals surface area contributed by atoms with Gasteiger partial charge >= 0.3 is 0 Å². The summed E-state index contributed by atoms with van der Waals surface area (Å²) in [4.78, 5) is 10.8. The third kappa shape index (κ3) is 6.88. The molecule has 2 fully saturated rings. The summed E-state index contributed by atoms with van der Waals surface area (Å²) >= 11 is 0. The number of benzene rings is 1. The number of nitrogens with zero attached hydrogens (tertiary/aromatic N) is 5. The Bertz CT molecular complexity index is 785. The van der Waals surface area contributed by atoms with E-state index in [9.17, 15) is 0 Å². The van der Waals surface area contributed by atoms with Crippen molar-refractivity contribution in [3.8, 4) is 5.69 Å². The fourth-order valence-electron chi connectivity index (χ4n) is 4.04. The minimum absolute atomic E-state index is 0. The van der Waals surface area contributed by atoms with E-state index in [-0.39, 0.29) is 24.0 Å². The van der Waals surface area contributed by atoms with E-state index in [1.54, 1.807) is 11.0 Å². The number of nitrogens with one attached hydrogen (secondary N) is 1. The number of likely N-dealkylation sites (tertiary alicyclic amines) is 1. The number of piperidine rings is 1. The summed E-state index contributed by atoms with van der Waals surface area (Å²) in [6, 6.07) is 8.30. The number of aromatic nitrogens is 3. The molecule has 1 unspecified atom stereocenters. The Morgan fingerprint density at radius 1 is 1.19 bits per heavy atom. The Morgan fingerprint density at radius 3 is 2.65 bits per heavy atom. The van der Waals surface area contributed by atoms with Crippen LogP contribution in [-0.4, -0.2) is 71.2 Å². The van der Waals surface area contributed by atoms with Gasteiger partial charge in [0, 0.05) is 33.3 Å². The molecule has 2 aliphatic heterocycles. The van der Waals surface area contributed by atoms with E-state index in [1.807, 2.05) is 19.2 Å². The zero-order chi connectivity index (χ0) is 20.6. The molecule has 0 radical (unpaired) electrons. The number of rotatable bonds is 6. The molecule has 170 valence electrons. The van der Waals surface area contributed by atoms with E-state index < -0.39 is 0 Å². The number of hydrogen-bond acceptors (Lipinski definition) is 5. The minimum Gasteiger partial charge on any atom is -0.376 e. The summed E-state index contributed by atoms with van der Waals surface area (Å²) in [5.74, 6) is 0.949. The molecule has 1 aromatic heterocycles. The molecule has 2 aromatic rings. The van der Waals surface area contributed by atoms with Crippen LogP contribution >= 0.6 is 24.0 Å². The molecule has 4 rings (SSSR count). The van der Waals surface area contributed by atoms with Crippen molar-refractivity contribution in [2.75, 3.05) is 33.4 Å². The zero-order valence-corrected chi connectivity index (χ0v) is 20.5. The Balaban J connectivity index is 0.00000272. The van der Waals surface area contributed by atoms with Crippen LogP contribution in [0.3, 0.4) is 0 Å². The third-order valence-corrected chi connectivity index (χ3v) is 5.82. The van der Waals surface area contributed by atoms with Crippen molar-refractivity contribution in [2.45, 2.75) is 50.9 Å². The van der Waals surface area contributed by atoms with Crippen molar-refractivity contribution in [2.24, 2.45) is 4.99 Å². The largest absolute Gasteiger partial charge is 0.376 e. The van der Waals surface area contributed by atoms with Crippen molar-refractivity contribution in [3.05, 3.63) is 42.5 Å². The Morgan fingerprint density at radius 2 is 2.00 bits per heavy atom. The lowest BCUT2D eigenvalue weighted by Gasteiger charge is -2.35. The molecule has 2 aliphatic rings. The zero-order valence-electron chi connectivity index (χ0n) is 18.2. The molecule has 0 amide bonds. The summed E-state index contributed by atoms with van der Waals surface area (Å²) in [6.07, 6.45) is 9.50. The van der Waals surface area contributed by atoms with Crippen LogP contribution in [0.5, 0.6) is 0 Å². The quantitative estimate of drug-likeness (QED) is 0.345. The smallest absolute Gasteiger partial charge is 0.193 e. The van der Waals surface area contributed by atoms with Gasteiger partial charge < -0.3 is 19.7 Å². The molecule has 2 saturated heterocycles. The van der Waals surface area contributed by atoms with Gasteiger partial charge in [-0.2, -0.15) is 5.10 Å². The predicted octanol–water partition coefficient (Wildman–Crippen LogP) is 3.01. The van der Waals surface area contributed by atoms with Gasteiger partial charge in [0.1, 0.15) is 12.7 Å². The van der Waals surface area contributed by atoms with Gasteiger partial charge in [-0.25, -0.2) is 9.67 Å². The highest BCUT2D eigenvalue weighted by Gasteiger charge is 2.23. The molecule has 1 atom stereocenters. The van der Waals surface area contributed by atoms with Gasteiger partial charge in [0.15, 0.2) is 5.96 Å². The van der Waals surface area contributed by atoms with Crippen LogP contribution in [-0.2, 0) is 16.0 Å². The van der Waals surface area contributed by atoms with Crippen LogP contribution in [0.1, 0.15) is 37.7 Å². The number of halogens is 1. The van der Waals surface area contributed by atoms with Gasteiger partial charge in [0.2, 0.25) is 0 Å². The van der Waals surface area contributed by atoms with Gasteiger partial charge in [0.25, 0.3) is 0 Å². The average molecular weight is 540 g/mol. The van der Waals surface area contributed by atoms with Gasteiger partial charge in [-0.05, 0) is 49.8 Å². The number of hydrogen-bond donors (Lipinski definition) is 1. The van der Waals surface area contributed by atoms with E-state index in [2.05, 4.69) is 37.4 Å². The Labute approximate surface area is 201 Å². The van der Waals surface area contributed by atoms with Gasteiger partial charge in [0.05, 0.1) is 24.5 Å². The second kappa shape index (κ2) is 12.4. The third-order valence-electron chi connectivity index (χ3n) is 5.82. The molecule has 31 heavy (non-hydrogen) atoms. The first-order valence-electron chi connectivity index (χ1n) is 10.9. The lowest BCUT2D eigenvalue weighted by molar-refractivity contribution is -0.0721. The van der Waals surface area contributed by atoms with Crippen molar-refractivity contribution < 1.29 is 9.47 Å². The topological polar surface area (TPSA) is 76.8 Å². The first-order valence-corrected chi connectivity index (χ1v) is 10.9. The summed E-state index contributed by atoms with van der Waals surface area (Å²) in [6.45, 7) is 4.28. The summed E-state index contributed by atoms with van der Waals surface area (Å²) in [5.41, 5.74) is 2.20. The Kier molecular flexibility index (Phi) is 9.54. The molecule has 0 spiro atoms. The number of ether oxygens (including phenoxy) is 2. The summed E-state index contributed by atoms with van der Waals surface area (Å²) < 4.78 is 13.7. The van der Waals surface area contributed by atoms with Gasteiger partial charge in [-0.1, -0.05) is 12.1 Å². The maximum absolute atomic E-state index is 6.13. The lowest BCUT2D eigenvalue weighted by Crippen LogP contribution is -2.47. The van der Waals surface area contributed by atoms with Crippen LogP contribution in [0.4, 0.5) is 0 Å². The maximum atomic E-state index is 6.13. The molecule has 0 saturated carbocycles. The first-order chi connectivity index (χ1) is 14.8. The molecule has 0 aliphatic carbocycles. The van der Waals surface area contributed by atoms with E-state index in [1.165, 1.54) is 24.7 Å². The van der Waals surface area contributed by atoms with Crippen LogP contribution in [0, 0.1) is 0 Å². The van der Waals surface area contributed by atoms with E-state index in [0.29, 0.717) is 12.2 Å². The van der Waals surface area contributed by atoms with Crippen LogP contribution in [0.25, 0.3) is 5.69 Å². The summed E-state index contributed by atoms with van der Waals surface area (Å²) in [7, 11) is 1.85. The normalized spacial score (nSPS) is 20.4. The highest BCUT2D eigenvalue weighted by molar-refractivity contribution is 14.0. The second-order valence-electron chi connectivity index (χ2n) is 7.92. The molecule has 3 heterocycles. The minimum atomic E-state index is 0. The first kappa shape index (κ1) is 23.9. The molecule has 0 bridgehead atoms. The molecular formula is C22H33IN6O2.